The van der Waals surface area contributed by atoms with Crippen molar-refractivity contribution in [3.63, 3.8) is 0 Å². The Morgan fingerprint density at radius 3 is 2.38 bits per heavy atom. The summed E-state index contributed by atoms with van der Waals surface area (Å²) < 4.78 is 3.51. The molecule has 0 aliphatic heterocycles. The van der Waals surface area contributed by atoms with Gasteiger partial charge < -0.3 is 4.57 Å². The Morgan fingerprint density at radius 1 is 1.00 bits per heavy atom. The summed E-state index contributed by atoms with van der Waals surface area (Å²) in [7, 11) is 0. The van der Waals surface area contributed by atoms with Crippen molar-refractivity contribution in [2.45, 2.75) is 6.54 Å². The van der Waals surface area contributed by atoms with E-state index in [-0.39, 0.29) is 0 Å². The smallest absolute Gasteiger partial charge is 0.0801 e. The molecular weight excluding hydrogens is 273 g/mol. The molecule has 2 aromatic rings. The molecule has 0 spiro atoms. The zero-order valence-electron chi connectivity index (χ0n) is 7.15. The van der Waals surface area contributed by atoms with Crippen LogP contribution >= 0.6 is 22.6 Å². The van der Waals surface area contributed by atoms with Crippen molar-refractivity contribution >= 4 is 22.6 Å². The number of benzene rings is 1. The zero-order valence-corrected chi connectivity index (χ0v) is 9.31. The highest BCUT2D eigenvalue weighted by Crippen LogP contribution is 2.09. The predicted octanol–water partition coefficient (Wildman–Crippen LogP) is 3.14. The summed E-state index contributed by atoms with van der Waals surface area (Å²) in [5, 5.41) is 0. The summed E-state index contributed by atoms with van der Waals surface area (Å²) in [6, 6.07) is 14.7. The van der Waals surface area contributed by atoms with Crippen LogP contribution in [0.5, 0.6) is 0 Å². The molecule has 0 unspecified atom stereocenters. The number of aromatic nitrogens is 1. The molecule has 0 fully saturated rings. The van der Waals surface area contributed by atoms with Crippen LogP contribution in [0.3, 0.4) is 0 Å². The van der Waals surface area contributed by atoms with Crippen molar-refractivity contribution < 1.29 is 0 Å². The van der Waals surface area contributed by atoms with E-state index in [1.807, 2.05) is 6.07 Å². The van der Waals surface area contributed by atoms with E-state index >= 15 is 0 Å². The number of rotatable bonds is 2. The van der Waals surface area contributed by atoms with Gasteiger partial charge in [-0.15, -0.1) is 0 Å². The SMILES string of the molecule is Ic1cccn1Cc1ccccc1. The highest BCUT2D eigenvalue weighted by atomic mass is 127. The quantitative estimate of drug-likeness (QED) is 0.746. The summed E-state index contributed by atoms with van der Waals surface area (Å²) in [5.41, 5.74) is 1.34. The van der Waals surface area contributed by atoms with E-state index in [0.717, 1.165) is 6.54 Å². The van der Waals surface area contributed by atoms with Crippen molar-refractivity contribution in [3.8, 4) is 0 Å². The number of hydrogen-bond acceptors (Lipinski definition) is 0. The lowest BCUT2D eigenvalue weighted by Gasteiger charge is -2.04. The van der Waals surface area contributed by atoms with Crippen LogP contribution < -0.4 is 0 Å². The zero-order chi connectivity index (χ0) is 9.10. The Kier molecular flexibility index (Phi) is 2.68. The Bertz CT molecular complexity index is 378. The molecule has 0 bridgehead atoms. The summed E-state index contributed by atoms with van der Waals surface area (Å²) in [5.74, 6) is 0. The van der Waals surface area contributed by atoms with E-state index in [1.54, 1.807) is 0 Å². The summed E-state index contributed by atoms with van der Waals surface area (Å²) in [4.78, 5) is 0. The van der Waals surface area contributed by atoms with Gasteiger partial charge in [0.05, 0.1) is 3.70 Å². The fourth-order valence-electron chi connectivity index (χ4n) is 1.30. The molecule has 0 saturated carbocycles. The molecule has 0 aliphatic carbocycles. The molecule has 66 valence electrons. The second-order valence-corrected chi connectivity index (χ2v) is 4.05. The number of hydrogen-bond donors (Lipinski definition) is 0. The average molecular weight is 283 g/mol. The molecule has 2 rings (SSSR count). The van der Waals surface area contributed by atoms with Gasteiger partial charge >= 0.3 is 0 Å². The van der Waals surface area contributed by atoms with E-state index < -0.39 is 0 Å². The fraction of sp³-hybridized carbons (Fsp3) is 0.0909. The van der Waals surface area contributed by atoms with E-state index in [9.17, 15) is 0 Å². The van der Waals surface area contributed by atoms with Crippen LogP contribution in [0.25, 0.3) is 0 Å². The minimum Gasteiger partial charge on any atom is -0.339 e. The topological polar surface area (TPSA) is 4.93 Å². The first kappa shape index (κ1) is 8.81. The minimum atomic E-state index is 0.964. The molecule has 0 radical (unpaired) electrons. The Labute approximate surface area is 91.5 Å². The third kappa shape index (κ3) is 2.12. The largest absolute Gasteiger partial charge is 0.339 e. The van der Waals surface area contributed by atoms with Crippen LogP contribution in [-0.4, -0.2) is 4.57 Å². The number of halogens is 1. The predicted molar refractivity (Wildman–Crippen MR) is 62.7 cm³/mol. The molecule has 0 amide bonds. The molecule has 1 nitrogen and oxygen atoms in total. The van der Waals surface area contributed by atoms with Crippen molar-refractivity contribution in [2.75, 3.05) is 0 Å². The van der Waals surface area contributed by atoms with Crippen molar-refractivity contribution in [2.24, 2.45) is 0 Å². The lowest BCUT2D eigenvalue weighted by molar-refractivity contribution is 0.785. The van der Waals surface area contributed by atoms with Gasteiger partial charge in [0.2, 0.25) is 0 Å². The first-order valence-corrected chi connectivity index (χ1v) is 5.29. The Morgan fingerprint density at radius 2 is 1.77 bits per heavy atom. The molecule has 13 heavy (non-hydrogen) atoms. The van der Waals surface area contributed by atoms with Crippen molar-refractivity contribution in [1.29, 1.82) is 0 Å². The van der Waals surface area contributed by atoms with E-state index in [2.05, 4.69) is 69.8 Å². The van der Waals surface area contributed by atoms with Crippen LogP contribution in [0.15, 0.2) is 48.7 Å². The maximum Gasteiger partial charge on any atom is 0.0801 e. The maximum atomic E-state index is 2.35. The van der Waals surface area contributed by atoms with Gasteiger partial charge in [-0.1, -0.05) is 30.3 Å². The molecule has 0 N–H and O–H groups in total. The van der Waals surface area contributed by atoms with E-state index in [4.69, 9.17) is 0 Å². The van der Waals surface area contributed by atoms with Crippen LogP contribution in [0.4, 0.5) is 0 Å². The first-order chi connectivity index (χ1) is 6.36. The monoisotopic (exact) mass is 283 g/mol. The first-order valence-electron chi connectivity index (χ1n) is 4.21. The van der Waals surface area contributed by atoms with Gasteiger partial charge in [0.1, 0.15) is 0 Å². The van der Waals surface area contributed by atoms with Gasteiger partial charge in [0, 0.05) is 12.7 Å². The van der Waals surface area contributed by atoms with E-state index in [0.29, 0.717) is 0 Å². The molecule has 0 aliphatic rings. The van der Waals surface area contributed by atoms with Crippen molar-refractivity contribution in [3.05, 3.63) is 57.9 Å². The van der Waals surface area contributed by atoms with E-state index in [1.165, 1.54) is 9.26 Å². The van der Waals surface area contributed by atoms with Crippen LogP contribution in [0.2, 0.25) is 0 Å². The highest BCUT2D eigenvalue weighted by Gasteiger charge is 1.96. The number of nitrogens with zero attached hydrogens (tertiary/aromatic N) is 1. The second-order valence-electron chi connectivity index (χ2n) is 2.94. The Hall–Kier alpha value is -0.770. The third-order valence-corrected chi connectivity index (χ3v) is 2.95. The third-order valence-electron chi connectivity index (χ3n) is 1.97. The minimum absolute atomic E-state index is 0.964. The fourth-order valence-corrected chi connectivity index (χ4v) is 1.84. The average Bonchev–Trinajstić information content (AvgIpc) is 2.54. The van der Waals surface area contributed by atoms with Crippen molar-refractivity contribution in [1.82, 2.24) is 4.57 Å². The summed E-state index contributed by atoms with van der Waals surface area (Å²) in [6.07, 6.45) is 2.11. The molecule has 0 atom stereocenters. The lowest BCUT2D eigenvalue weighted by Crippen LogP contribution is -1.99. The van der Waals surface area contributed by atoms with Crippen LogP contribution in [0.1, 0.15) is 5.56 Å². The van der Waals surface area contributed by atoms with Gasteiger partial charge in [0.15, 0.2) is 0 Å². The van der Waals surface area contributed by atoms with Gasteiger partial charge in [-0.25, -0.2) is 0 Å². The van der Waals surface area contributed by atoms with Crippen LogP contribution in [-0.2, 0) is 6.54 Å². The maximum absolute atomic E-state index is 2.35. The lowest BCUT2D eigenvalue weighted by atomic mass is 10.2. The van der Waals surface area contributed by atoms with Gasteiger partial charge in [-0.3, -0.25) is 0 Å². The van der Waals surface area contributed by atoms with Gasteiger partial charge in [-0.2, -0.15) is 0 Å². The Balaban J connectivity index is 2.20. The normalized spacial score (nSPS) is 10.2. The summed E-state index contributed by atoms with van der Waals surface area (Å²) in [6.45, 7) is 0.964. The summed E-state index contributed by atoms with van der Waals surface area (Å²) >= 11 is 2.35. The van der Waals surface area contributed by atoms with Crippen LogP contribution in [0, 0.1) is 3.70 Å². The highest BCUT2D eigenvalue weighted by molar-refractivity contribution is 14.1. The molecule has 1 aromatic heterocycles. The van der Waals surface area contributed by atoms with Gasteiger partial charge in [0.25, 0.3) is 0 Å². The molecule has 0 saturated heterocycles. The molecule has 1 aromatic carbocycles. The second kappa shape index (κ2) is 3.96. The molecule has 2 heteroatoms. The molecule has 1 heterocycles. The molecular formula is C11H10IN. The standard InChI is InChI=1S/C11H10IN/c12-11-7-4-8-13(11)9-10-5-2-1-3-6-10/h1-8H,9H2. The van der Waals surface area contributed by atoms with Gasteiger partial charge in [-0.05, 0) is 40.3 Å².